The highest BCUT2D eigenvalue weighted by Crippen LogP contribution is 2.44. The molecule has 2 heterocycles. The van der Waals surface area contributed by atoms with E-state index >= 15 is 0 Å². The number of hydrogen-bond donors (Lipinski definition) is 2. The van der Waals surface area contributed by atoms with Crippen LogP contribution in [-0.2, 0) is 4.79 Å². The van der Waals surface area contributed by atoms with Gasteiger partial charge in [-0.3, -0.25) is 4.79 Å². The van der Waals surface area contributed by atoms with Gasteiger partial charge >= 0.3 is 0 Å². The summed E-state index contributed by atoms with van der Waals surface area (Å²) in [5.41, 5.74) is 8.15. The molecule has 33 heavy (non-hydrogen) atoms. The van der Waals surface area contributed by atoms with Crippen molar-refractivity contribution in [2.75, 3.05) is 33.8 Å². The second kappa shape index (κ2) is 8.73. The van der Waals surface area contributed by atoms with Crippen LogP contribution < -0.4 is 30.0 Å². The standard InChI is InChI=1S/C23H25N5O5/c1-12-18(21(24)29)19(14-10-16(31-3)20(33-5)17(11-14)32-4)28-23(25-12)26-22(27-28)13-7-6-8-15(9-13)30-2/h6-11,19H,1-5H3,(H2,24,29)(H,25,26,27)/t19-/m1/s1. The predicted molar refractivity (Wildman–Crippen MR) is 122 cm³/mol. The minimum atomic E-state index is -0.667. The second-order valence-electron chi connectivity index (χ2n) is 7.32. The molecule has 0 saturated heterocycles. The van der Waals surface area contributed by atoms with E-state index < -0.39 is 11.9 Å². The van der Waals surface area contributed by atoms with Gasteiger partial charge in [-0.25, -0.2) is 4.68 Å². The third kappa shape index (κ3) is 3.79. The Labute approximate surface area is 190 Å². The Bertz CT molecular complexity index is 1220. The number of benzene rings is 2. The number of anilines is 1. The minimum absolute atomic E-state index is 0.346. The quantitative estimate of drug-likeness (QED) is 0.562. The van der Waals surface area contributed by atoms with Gasteiger partial charge in [0.25, 0.3) is 0 Å². The molecule has 3 aromatic rings. The van der Waals surface area contributed by atoms with E-state index in [0.717, 1.165) is 5.56 Å². The van der Waals surface area contributed by atoms with Gasteiger partial charge in [0, 0.05) is 11.3 Å². The van der Waals surface area contributed by atoms with E-state index in [1.54, 1.807) is 30.8 Å². The first kappa shape index (κ1) is 22.0. The van der Waals surface area contributed by atoms with Crippen LogP contribution >= 0.6 is 0 Å². The van der Waals surface area contributed by atoms with E-state index in [4.69, 9.17) is 29.8 Å². The van der Waals surface area contributed by atoms with Crippen LogP contribution in [0, 0.1) is 0 Å². The lowest BCUT2D eigenvalue weighted by atomic mass is 9.94. The number of allylic oxidation sites excluding steroid dienone is 1. The summed E-state index contributed by atoms with van der Waals surface area (Å²) in [5, 5.41) is 7.85. The SMILES string of the molecule is COc1cccc(-c2nc3n(n2)[C@H](c2cc(OC)c(OC)c(OC)c2)C(C(N)=O)=C(C)N3)c1. The maximum absolute atomic E-state index is 12.5. The van der Waals surface area contributed by atoms with Crippen LogP contribution in [0.4, 0.5) is 5.95 Å². The van der Waals surface area contributed by atoms with Gasteiger partial charge in [-0.2, -0.15) is 4.98 Å². The Morgan fingerprint density at radius 3 is 2.30 bits per heavy atom. The number of aromatic nitrogens is 3. The zero-order valence-electron chi connectivity index (χ0n) is 19.0. The molecule has 172 valence electrons. The molecule has 1 atom stereocenters. The van der Waals surface area contributed by atoms with E-state index in [1.807, 2.05) is 24.3 Å². The van der Waals surface area contributed by atoms with E-state index in [9.17, 15) is 4.79 Å². The molecule has 1 aromatic heterocycles. The number of carbonyl (C=O) groups excluding carboxylic acids is 1. The molecule has 0 bridgehead atoms. The molecule has 0 saturated carbocycles. The normalized spacial score (nSPS) is 14.9. The van der Waals surface area contributed by atoms with Crippen molar-refractivity contribution < 1.29 is 23.7 Å². The van der Waals surface area contributed by atoms with Gasteiger partial charge in [-0.15, -0.1) is 5.10 Å². The lowest BCUT2D eigenvalue weighted by Crippen LogP contribution is -2.31. The van der Waals surface area contributed by atoms with Crippen LogP contribution in [-0.4, -0.2) is 49.1 Å². The molecule has 1 aliphatic heterocycles. The van der Waals surface area contributed by atoms with Crippen molar-refractivity contribution in [2.45, 2.75) is 13.0 Å². The van der Waals surface area contributed by atoms with E-state index in [0.29, 0.717) is 51.6 Å². The summed E-state index contributed by atoms with van der Waals surface area (Å²) < 4.78 is 23.4. The number of methoxy groups -OCH3 is 4. The van der Waals surface area contributed by atoms with Crippen LogP contribution in [0.3, 0.4) is 0 Å². The largest absolute Gasteiger partial charge is 0.497 e. The molecule has 1 aliphatic rings. The van der Waals surface area contributed by atoms with E-state index in [2.05, 4.69) is 10.3 Å². The van der Waals surface area contributed by atoms with E-state index in [1.165, 1.54) is 21.3 Å². The maximum atomic E-state index is 12.5. The summed E-state index contributed by atoms with van der Waals surface area (Å²) in [4.78, 5) is 17.2. The van der Waals surface area contributed by atoms with Gasteiger partial charge in [-0.1, -0.05) is 12.1 Å². The first-order valence-electron chi connectivity index (χ1n) is 10.1. The van der Waals surface area contributed by atoms with Crippen molar-refractivity contribution in [2.24, 2.45) is 5.73 Å². The fourth-order valence-corrected chi connectivity index (χ4v) is 3.92. The van der Waals surface area contributed by atoms with Crippen molar-refractivity contribution in [1.29, 1.82) is 0 Å². The minimum Gasteiger partial charge on any atom is -0.497 e. The fourth-order valence-electron chi connectivity index (χ4n) is 3.92. The van der Waals surface area contributed by atoms with Crippen LogP contribution in [0.1, 0.15) is 18.5 Å². The van der Waals surface area contributed by atoms with Gasteiger partial charge in [0.1, 0.15) is 11.8 Å². The van der Waals surface area contributed by atoms with Gasteiger partial charge in [0.05, 0.1) is 34.0 Å². The van der Waals surface area contributed by atoms with E-state index in [-0.39, 0.29) is 0 Å². The third-order valence-corrected chi connectivity index (χ3v) is 5.45. The molecule has 3 N–H and O–H groups in total. The number of ether oxygens (including phenoxy) is 4. The summed E-state index contributed by atoms with van der Waals surface area (Å²) >= 11 is 0. The molecular formula is C23H25N5O5. The zero-order valence-corrected chi connectivity index (χ0v) is 19.0. The molecule has 10 nitrogen and oxygen atoms in total. The summed E-state index contributed by atoms with van der Waals surface area (Å²) in [6, 6.07) is 10.3. The Morgan fingerprint density at radius 1 is 1.03 bits per heavy atom. The molecule has 0 unspecified atom stereocenters. The van der Waals surface area contributed by atoms with Crippen LogP contribution in [0.25, 0.3) is 11.4 Å². The molecule has 4 rings (SSSR count). The third-order valence-electron chi connectivity index (χ3n) is 5.45. The number of rotatable bonds is 7. The van der Waals surface area contributed by atoms with Gasteiger partial charge in [0.15, 0.2) is 17.3 Å². The highest BCUT2D eigenvalue weighted by molar-refractivity contribution is 5.95. The van der Waals surface area contributed by atoms with Crippen molar-refractivity contribution in [3.63, 3.8) is 0 Å². The van der Waals surface area contributed by atoms with Gasteiger partial charge < -0.3 is 30.0 Å². The molecule has 0 aliphatic carbocycles. The number of nitrogens with one attached hydrogen (secondary N) is 1. The monoisotopic (exact) mass is 451 g/mol. The first-order valence-corrected chi connectivity index (χ1v) is 10.1. The van der Waals surface area contributed by atoms with Gasteiger partial charge in [-0.05, 0) is 36.8 Å². The van der Waals surface area contributed by atoms with Crippen LogP contribution in [0.5, 0.6) is 23.0 Å². The first-order chi connectivity index (χ1) is 15.9. The number of nitrogens with zero attached hydrogens (tertiary/aromatic N) is 3. The lowest BCUT2D eigenvalue weighted by molar-refractivity contribution is -0.115. The van der Waals surface area contributed by atoms with Crippen molar-refractivity contribution in [3.8, 4) is 34.4 Å². The molecule has 2 aromatic carbocycles. The molecule has 0 spiro atoms. The van der Waals surface area contributed by atoms with Gasteiger partial charge in [0.2, 0.25) is 17.6 Å². The maximum Gasteiger partial charge on any atom is 0.248 e. The van der Waals surface area contributed by atoms with Crippen molar-refractivity contribution in [1.82, 2.24) is 14.8 Å². The fraction of sp³-hybridized carbons (Fsp3) is 0.261. The average molecular weight is 451 g/mol. The Hall–Kier alpha value is -4.21. The highest BCUT2D eigenvalue weighted by atomic mass is 16.5. The summed E-state index contributed by atoms with van der Waals surface area (Å²) in [5.74, 6) is 2.36. The number of amides is 1. The topological polar surface area (TPSA) is 123 Å². The smallest absolute Gasteiger partial charge is 0.248 e. The average Bonchev–Trinajstić information content (AvgIpc) is 3.25. The second-order valence-corrected chi connectivity index (χ2v) is 7.32. The van der Waals surface area contributed by atoms with Crippen LogP contribution in [0.15, 0.2) is 47.7 Å². The molecular weight excluding hydrogens is 426 g/mol. The highest BCUT2D eigenvalue weighted by Gasteiger charge is 2.34. The molecule has 0 fully saturated rings. The number of carbonyl (C=O) groups is 1. The van der Waals surface area contributed by atoms with Crippen molar-refractivity contribution in [3.05, 3.63) is 53.2 Å². The summed E-state index contributed by atoms with van der Waals surface area (Å²) in [7, 11) is 6.18. The Morgan fingerprint density at radius 2 is 1.73 bits per heavy atom. The molecule has 0 radical (unpaired) electrons. The zero-order chi connectivity index (χ0) is 23.7. The lowest BCUT2D eigenvalue weighted by Gasteiger charge is -2.28. The summed E-state index contributed by atoms with van der Waals surface area (Å²) in [6.45, 7) is 1.77. The number of hydrogen-bond acceptors (Lipinski definition) is 8. The Balaban J connectivity index is 1.92. The molecule has 1 amide bonds. The summed E-state index contributed by atoms with van der Waals surface area (Å²) in [6.07, 6.45) is 0. The van der Waals surface area contributed by atoms with Crippen LogP contribution in [0.2, 0.25) is 0 Å². The number of nitrogens with two attached hydrogens (primary N) is 1. The predicted octanol–water partition coefficient (Wildman–Crippen LogP) is 2.75. The Kier molecular flexibility index (Phi) is 5.82. The number of primary amides is 1. The molecule has 10 heteroatoms. The van der Waals surface area contributed by atoms with Crippen molar-refractivity contribution >= 4 is 11.9 Å². The number of fused-ring (bicyclic) bond motifs is 1.